The number of amides is 2. The minimum atomic E-state index is -0.348. The molecule has 1 saturated carbocycles. The van der Waals surface area contributed by atoms with Crippen molar-refractivity contribution in [2.75, 3.05) is 26.2 Å². The highest BCUT2D eigenvalue weighted by atomic mass is 16.2. The first-order chi connectivity index (χ1) is 14.1. The molecule has 1 unspecified atom stereocenters. The Balaban J connectivity index is 1.22. The van der Waals surface area contributed by atoms with Gasteiger partial charge < -0.3 is 20.1 Å². The van der Waals surface area contributed by atoms with E-state index in [1.165, 1.54) is 38.8 Å². The molecule has 2 amide bonds. The number of fused-ring (bicyclic) bond motifs is 1. The maximum Gasteiger partial charge on any atom is 0.242 e. The van der Waals surface area contributed by atoms with Crippen molar-refractivity contribution in [3.05, 3.63) is 36.0 Å². The molecule has 2 aromatic rings. The van der Waals surface area contributed by atoms with Crippen LogP contribution < -0.4 is 5.32 Å². The average Bonchev–Trinajstić information content (AvgIpc) is 3.06. The largest absolute Gasteiger partial charge is 0.361 e. The lowest BCUT2D eigenvalue weighted by Crippen LogP contribution is -2.46. The molecule has 0 spiro atoms. The number of aromatic amines is 1. The molecule has 29 heavy (non-hydrogen) atoms. The van der Waals surface area contributed by atoms with E-state index in [1.54, 1.807) is 4.90 Å². The predicted octanol–water partition coefficient (Wildman–Crippen LogP) is 2.65. The third kappa shape index (κ3) is 3.78. The van der Waals surface area contributed by atoms with Crippen LogP contribution in [0.3, 0.4) is 0 Å². The molecule has 1 aromatic carbocycles. The van der Waals surface area contributed by atoms with Crippen LogP contribution in [0.25, 0.3) is 10.9 Å². The highest BCUT2D eigenvalue weighted by molar-refractivity contribution is 5.91. The summed E-state index contributed by atoms with van der Waals surface area (Å²) in [5.74, 6) is 0.0945. The van der Waals surface area contributed by atoms with Gasteiger partial charge in [0.05, 0.1) is 0 Å². The van der Waals surface area contributed by atoms with Gasteiger partial charge in [-0.2, -0.15) is 0 Å². The normalized spacial score (nSPS) is 23.8. The van der Waals surface area contributed by atoms with Crippen LogP contribution in [0.15, 0.2) is 30.5 Å². The minimum absolute atomic E-state index is 0.0170. The van der Waals surface area contributed by atoms with Crippen molar-refractivity contribution in [2.45, 2.75) is 51.1 Å². The minimum Gasteiger partial charge on any atom is -0.361 e. The molecule has 1 aliphatic carbocycles. The van der Waals surface area contributed by atoms with E-state index in [9.17, 15) is 9.59 Å². The van der Waals surface area contributed by atoms with Crippen molar-refractivity contribution in [1.82, 2.24) is 20.1 Å². The summed E-state index contributed by atoms with van der Waals surface area (Å²) in [4.78, 5) is 33.1. The Hall–Kier alpha value is -2.34. The third-order valence-electron chi connectivity index (χ3n) is 7.00. The fourth-order valence-corrected chi connectivity index (χ4v) is 5.03. The molecule has 2 saturated heterocycles. The number of hydrogen-bond acceptors (Lipinski definition) is 3. The number of H-pyrrole nitrogens is 1. The van der Waals surface area contributed by atoms with E-state index < -0.39 is 0 Å². The Morgan fingerprint density at radius 1 is 1.21 bits per heavy atom. The number of likely N-dealkylation sites (tertiary alicyclic amines) is 2. The average molecular weight is 395 g/mol. The lowest BCUT2D eigenvalue weighted by atomic mass is 10.1. The smallest absolute Gasteiger partial charge is 0.242 e. The SMILES string of the molecule is O=C(NCC1(CN2CCCC2)CC1)C1CCC(=O)N1Cc1c[nH]c2ccccc12. The number of hydrogen-bond donors (Lipinski definition) is 2. The van der Waals surface area contributed by atoms with Crippen LogP contribution in [0.4, 0.5) is 0 Å². The van der Waals surface area contributed by atoms with Gasteiger partial charge in [0.25, 0.3) is 0 Å². The lowest BCUT2D eigenvalue weighted by Gasteiger charge is -2.27. The third-order valence-corrected chi connectivity index (χ3v) is 7.00. The Bertz CT molecular complexity index is 910. The molecule has 0 bridgehead atoms. The van der Waals surface area contributed by atoms with E-state index in [2.05, 4.69) is 21.3 Å². The lowest BCUT2D eigenvalue weighted by molar-refractivity contribution is -0.135. The van der Waals surface area contributed by atoms with Crippen molar-refractivity contribution in [1.29, 1.82) is 0 Å². The number of rotatable bonds is 7. The van der Waals surface area contributed by atoms with Crippen molar-refractivity contribution < 1.29 is 9.59 Å². The molecular weight excluding hydrogens is 364 g/mol. The number of nitrogens with zero attached hydrogens (tertiary/aromatic N) is 2. The first-order valence-electron chi connectivity index (χ1n) is 11.0. The summed E-state index contributed by atoms with van der Waals surface area (Å²) in [5.41, 5.74) is 2.40. The second-order valence-corrected chi connectivity index (χ2v) is 9.14. The van der Waals surface area contributed by atoms with Crippen LogP contribution in [0.5, 0.6) is 0 Å². The van der Waals surface area contributed by atoms with Crippen LogP contribution >= 0.6 is 0 Å². The van der Waals surface area contributed by atoms with Gasteiger partial charge >= 0.3 is 0 Å². The zero-order valence-electron chi connectivity index (χ0n) is 17.0. The van der Waals surface area contributed by atoms with Crippen molar-refractivity contribution in [2.24, 2.45) is 5.41 Å². The molecule has 3 fully saturated rings. The van der Waals surface area contributed by atoms with Gasteiger partial charge in [0.1, 0.15) is 6.04 Å². The fourth-order valence-electron chi connectivity index (χ4n) is 5.03. The maximum atomic E-state index is 13.0. The van der Waals surface area contributed by atoms with Gasteiger partial charge in [0, 0.05) is 48.6 Å². The van der Waals surface area contributed by atoms with Crippen LogP contribution in [-0.2, 0) is 16.1 Å². The van der Waals surface area contributed by atoms with Gasteiger partial charge in [-0.05, 0) is 56.8 Å². The fraction of sp³-hybridized carbons (Fsp3) is 0.565. The second kappa shape index (κ2) is 7.48. The molecule has 3 aliphatic rings. The van der Waals surface area contributed by atoms with Crippen molar-refractivity contribution in [3.8, 4) is 0 Å². The second-order valence-electron chi connectivity index (χ2n) is 9.14. The first kappa shape index (κ1) is 18.7. The molecule has 6 heteroatoms. The van der Waals surface area contributed by atoms with Crippen LogP contribution in [0.1, 0.15) is 44.1 Å². The Labute approximate surface area is 171 Å². The predicted molar refractivity (Wildman–Crippen MR) is 112 cm³/mol. The summed E-state index contributed by atoms with van der Waals surface area (Å²) >= 11 is 0. The molecule has 6 nitrogen and oxygen atoms in total. The van der Waals surface area contributed by atoms with E-state index in [4.69, 9.17) is 0 Å². The van der Waals surface area contributed by atoms with Gasteiger partial charge in [0.15, 0.2) is 0 Å². The highest BCUT2D eigenvalue weighted by Gasteiger charge is 2.45. The Kier molecular flexibility index (Phi) is 4.82. The molecular formula is C23H30N4O2. The molecule has 1 atom stereocenters. The zero-order chi connectivity index (χ0) is 19.8. The molecule has 3 heterocycles. The Morgan fingerprint density at radius 2 is 2.00 bits per heavy atom. The van der Waals surface area contributed by atoms with E-state index >= 15 is 0 Å². The summed E-state index contributed by atoms with van der Waals surface area (Å²) in [6, 6.07) is 7.75. The number of nitrogens with one attached hydrogen (secondary N) is 2. The number of carbonyl (C=O) groups excluding carboxylic acids is 2. The molecule has 154 valence electrons. The van der Waals surface area contributed by atoms with Crippen LogP contribution in [-0.4, -0.2) is 58.8 Å². The number of aromatic nitrogens is 1. The van der Waals surface area contributed by atoms with Gasteiger partial charge in [-0.15, -0.1) is 0 Å². The van der Waals surface area contributed by atoms with E-state index in [0.29, 0.717) is 19.4 Å². The monoisotopic (exact) mass is 394 g/mol. The highest BCUT2D eigenvalue weighted by Crippen LogP contribution is 2.46. The quantitative estimate of drug-likeness (QED) is 0.759. The first-order valence-corrected chi connectivity index (χ1v) is 11.0. The van der Waals surface area contributed by atoms with E-state index in [0.717, 1.165) is 29.6 Å². The summed E-state index contributed by atoms with van der Waals surface area (Å²) in [7, 11) is 0. The molecule has 2 aliphatic heterocycles. The maximum absolute atomic E-state index is 13.0. The summed E-state index contributed by atoms with van der Waals surface area (Å²) in [5, 5.41) is 4.32. The summed E-state index contributed by atoms with van der Waals surface area (Å²) < 4.78 is 0. The van der Waals surface area contributed by atoms with E-state index in [-0.39, 0.29) is 23.3 Å². The number of carbonyl (C=O) groups is 2. The molecule has 2 N–H and O–H groups in total. The van der Waals surface area contributed by atoms with Gasteiger partial charge in [0.2, 0.25) is 11.8 Å². The van der Waals surface area contributed by atoms with Crippen molar-refractivity contribution in [3.63, 3.8) is 0 Å². The number of benzene rings is 1. The number of para-hydroxylation sites is 1. The van der Waals surface area contributed by atoms with Crippen LogP contribution in [0.2, 0.25) is 0 Å². The van der Waals surface area contributed by atoms with Gasteiger partial charge in [-0.25, -0.2) is 0 Å². The Morgan fingerprint density at radius 3 is 2.79 bits per heavy atom. The van der Waals surface area contributed by atoms with Gasteiger partial charge in [-0.3, -0.25) is 9.59 Å². The van der Waals surface area contributed by atoms with E-state index in [1.807, 2.05) is 24.4 Å². The van der Waals surface area contributed by atoms with Gasteiger partial charge in [-0.1, -0.05) is 18.2 Å². The molecule has 0 radical (unpaired) electrons. The van der Waals surface area contributed by atoms with Crippen molar-refractivity contribution >= 4 is 22.7 Å². The molecule has 5 rings (SSSR count). The summed E-state index contributed by atoms with van der Waals surface area (Å²) in [6.07, 6.45) is 8.04. The van der Waals surface area contributed by atoms with Crippen LogP contribution in [0, 0.1) is 5.41 Å². The summed E-state index contributed by atoms with van der Waals surface area (Å²) in [6.45, 7) is 4.74. The molecule has 1 aromatic heterocycles. The topological polar surface area (TPSA) is 68.4 Å². The zero-order valence-corrected chi connectivity index (χ0v) is 17.0. The standard InChI is InChI=1S/C23H30N4O2/c28-21-8-7-20(27(21)14-17-13-24-19-6-2-1-5-18(17)19)22(29)25-15-23(9-10-23)16-26-11-3-4-12-26/h1-2,5-6,13,20,24H,3-4,7-12,14-16H2,(H,25,29).